The monoisotopic (exact) mass is 209 g/mol. The second-order valence-corrected chi connectivity index (χ2v) is 3.33. The van der Waals surface area contributed by atoms with Crippen LogP contribution in [0.5, 0.6) is 0 Å². The van der Waals surface area contributed by atoms with Crippen LogP contribution in [0.25, 0.3) is 0 Å². The van der Waals surface area contributed by atoms with Crippen molar-refractivity contribution < 1.29 is 17.5 Å². The Morgan fingerprint density at radius 1 is 1.54 bits per heavy atom. The predicted octanol–water partition coefficient (Wildman–Crippen LogP) is 1.13. The fourth-order valence-electron chi connectivity index (χ4n) is 1.08. The zero-order valence-electron chi connectivity index (χ0n) is 6.95. The van der Waals surface area contributed by atoms with Gasteiger partial charge in [0.25, 0.3) is 0 Å². The molecule has 0 aliphatic rings. The lowest BCUT2D eigenvalue weighted by atomic mass is 10.4. The van der Waals surface area contributed by atoms with Crippen LogP contribution in [0, 0.1) is 13.8 Å². The van der Waals surface area contributed by atoms with E-state index in [9.17, 15) is 17.5 Å². The van der Waals surface area contributed by atoms with E-state index in [0.29, 0.717) is 4.68 Å². The van der Waals surface area contributed by atoms with Crippen molar-refractivity contribution in [3.8, 4) is 0 Å². The van der Waals surface area contributed by atoms with Gasteiger partial charge in [0.2, 0.25) is 0 Å². The number of hydrogen-bond acceptors (Lipinski definition) is 3. The summed E-state index contributed by atoms with van der Waals surface area (Å²) >= 11 is -2.51. The van der Waals surface area contributed by atoms with E-state index in [1.54, 1.807) is 0 Å². The minimum atomic E-state index is -2.81. The summed E-state index contributed by atoms with van der Waals surface area (Å²) in [6, 6.07) is 0. The number of aryl methyl sites for hydroxylation is 1. The largest absolute Gasteiger partial charge is 0.768 e. The number of halogens is 2. The molecule has 74 valence electrons. The first-order chi connectivity index (χ1) is 5.95. The van der Waals surface area contributed by atoms with E-state index in [2.05, 4.69) is 5.10 Å². The lowest BCUT2D eigenvalue weighted by Crippen LogP contribution is -2.03. The molecule has 0 aliphatic heterocycles. The molecule has 0 saturated carbocycles. The van der Waals surface area contributed by atoms with Crippen LogP contribution in [0.1, 0.15) is 17.9 Å². The maximum Gasteiger partial charge on any atom is 0.333 e. The fourth-order valence-corrected chi connectivity index (χ4v) is 1.70. The van der Waals surface area contributed by atoms with Crippen molar-refractivity contribution in [2.24, 2.45) is 0 Å². The molecular weight excluding hydrogens is 202 g/mol. The van der Waals surface area contributed by atoms with Gasteiger partial charge < -0.3 is 4.55 Å². The van der Waals surface area contributed by atoms with Crippen LogP contribution in [0.15, 0.2) is 4.90 Å². The Bertz CT molecular complexity index is 351. The van der Waals surface area contributed by atoms with Crippen LogP contribution < -0.4 is 0 Å². The summed E-state index contributed by atoms with van der Waals surface area (Å²) in [7, 11) is 0. The molecule has 0 radical (unpaired) electrons. The Kier molecular flexibility index (Phi) is 2.77. The molecule has 0 aromatic carbocycles. The molecule has 4 nitrogen and oxygen atoms in total. The second-order valence-electron chi connectivity index (χ2n) is 2.46. The number of hydrogen-bond donors (Lipinski definition) is 0. The third kappa shape index (κ3) is 1.75. The van der Waals surface area contributed by atoms with Crippen LogP contribution in [-0.2, 0) is 11.1 Å². The highest BCUT2D eigenvalue weighted by Crippen LogP contribution is 2.21. The third-order valence-electron chi connectivity index (χ3n) is 1.61. The Morgan fingerprint density at radius 2 is 2.08 bits per heavy atom. The molecule has 1 rings (SSSR count). The summed E-state index contributed by atoms with van der Waals surface area (Å²) in [4.78, 5) is -0.152. The van der Waals surface area contributed by atoms with Gasteiger partial charge in [0.15, 0.2) is 0 Å². The van der Waals surface area contributed by atoms with Gasteiger partial charge in [0.05, 0.1) is 16.3 Å². The van der Waals surface area contributed by atoms with Crippen molar-refractivity contribution in [3.63, 3.8) is 0 Å². The maximum absolute atomic E-state index is 12.2. The van der Waals surface area contributed by atoms with Gasteiger partial charge in [0, 0.05) is 0 Å². The zero-order valence-corrected chi connectivity index (χ0v) is 7.77. The van der Waals surface area contributed by atoms with E-state index in [-0.39, 0.29) is 16.3 Å². The molecule has 0 bridgehead atoms. The first-order valence-electron chi connectivity index (χ1n) is 3.38. The predicted molar refractivity (Wildman–Crippen MR) is 40.1 cm³/mol. The number of aromatic nitrogens is 2. The molecule has 0 saturated heterocycles. The standard InChI is InChI=1S/C6H8F2N2O2S/c1-3-5(13(11)12)4(2)10(9-3)6(7)8/h6H,1-2H3,(H,11,12)/p-1. The van der Waals surface area contributed by atoms with Gasteiger partial charge in [-0.05, 0) is 24.9 Å². The lowest BCUT2D eigenvalue weighted by Gasteiger charge is -2.05. The van der Waals surface area contributed by atoms with Crippen LogP contribution in [-0.4, -0.2) is 18.5 Å². The quantitative estimate of drug-likeness (QED) is 0.686. The second kappa shape index (κ2) is 3.51. The van der Waals surface area contributed by atoms with Crippen molar-refractivity contribution in [2.75, 3.05) is 0 Å². The lowest BCUT2D eigenvalue weighted by molar-refractivity contribution is 0.0538. The molecule has 0 spiro atoms. The Labute approximate surface area is 75.8 Å². The van der Waals surface area contributed by atoms with Crippen LogP contribution in [0.4, 0.5) is 8.78 Å². The fraction of sp³-hybridized carbons (Fsp3) is 0.500. The normalized spacial score (nSPS) is 13.7. The highest BCUT2D eigenvalue weighted by molar-refractivity contribution is 7.79. The van der Waals surface area contributed by atoms with Gasteiger partial charge in [-0.25, -0.2) is 4.68 Å². The van der Waals surface area contributed by atoms with E-state index in [1.807, 2.05) is 0 Å². The van der Waals surface area contributed by atoms with E-state index < -0.39 is 17.6 Å². The number of alkyl halides is 2. The van der Waals surface area contributed by atoms with Gasteiger partial charge in [-0.15, -0.1) is 0 Å². The van der Waals surface area contributed by atoms with Crippen LogP contribution in [0.3, 0.4) is 0 Å². The zero-order chi connectivity index (χ0) is 10.2. The first-order valence-corrected chi connectivity index (χ1v) is 4.45. The third-order valence-corrected chi connectivity index (χ3v) is 2.53. The van der Waals surface area contributed by atoms with E-state index in [0.717, 1.165) is 0 Å². The average molecular weight is 209 g/mol. The van der Waals surface area contributed by atoms with Gasteiger partial charge >= 0.3 is 6.55 Å². The summed E-state index contributed by atoms with van der Waals surface area (Å²) in [6.45, 7) is -0.148. The summed E-state index contributed by atoms with van der Waals surface area (Å²) in [5.41, 5.74) is 0.0481. The van der Waals surface area contributed by atoms with Gasteiger partial charge in [-0.1, -0.05) is 0 Å². The molecule has 0 amide bonds. The van der Waals surface area contributed by atoms with Crippen molar-refractivity contribution in [1.82, 2.24) is 9.78 Å². The molecular formula is C6H7F2N2O2S-. The molecule has 1 aromatic rings. The van der Waals surface area contributed by atoms with E-state index in [4.69, 9.17) is 0 Å². The summed E-state index contributed by atoms with van der Waals surface area (Å²) in [6.07, 6.45) is 0. The Morgan fingerprint density at radius 3 is 2.31 bits per heavy atom. The van der Waals surface area contributed by atoms with Crippen LogP contribution >= 0.6 is 0 Å². The van der Waals surface area contributed by atoms with E-state index >= 15 is 0 Å². The van der Waals surface area contributed by atoms with Crippen LogP contribution in [0.2, 0.25) is 0 Å². The molecule has 0 N–H and O–H groups in total. The summed E-state index contributed by atoms with van der Waals surface area (Å²) in [5, 5.41) is 3.40. The highest BCUT2D eigenvalue weighted by atomic mass is 32.2. The maximum atomic E-state index is 12.2. The van der Waals surface area contributed by atoms with Gasteiger partial charge in [-0.2, -0.15) is 13.9 Å². The topological polar surface area (TPSA) is 58.0 Å². The average Bonchev–Trinajstić information content (AvgIpc) is 2.26. The van der Waals surface area contributed by atoms with Gasteiger partial charge in [0.1, 0.15) is 0 Å². The minimum Gasteiger partial charge on any atom is -0.768 e. The van der Waals surface area contributed by atoms with Crippen molar-refractivity contribution >= 4 is 11.1 Å². The van der Waals surface area contributed by atoms with E-state index in [1.165, 1.54) is 13.8 Å². The number of nitrogens with zero attached hydrogens (tertiary/aromatic N) is 2. The van der Waals surface area contributed by atoms with Gasteiger partial charge in [-0.3, -0.25) is 4.21 Å². The molecule has 1 unspecified atom stereocenters. The molecule has 1 atom stereocenters. The molecule has 0 aliphatic carbocycles. The van der Waals surface area contributed by atoms with Crippen molar-refractivity contribution in [1.29, 1.82) is 0 Å². The first kappa shape index (κ1) is 10.3. The Balaban J connectivity index is 3.30. The number of rotatable bonds is 2. The summed E-state index contributed by atoms with van der Waals surface area (Å²) < 4.78 is 45.9. The summed E-state index contributed by atoms with van der Waals surface area (Å²) in [5.74, 6) is 0. The molecule has 1 aromatic heterocycles. The molecule has 0 fully saturated rings. The SMILES string of the molecule is Cc1nn(C(F)F)c(C)c1S(=O)[O-]. The molecule has 1 heterocycles. The van der Waals surface area contributed by atoms with Crippen molar-refractivity contribution in [3.05, 3.63) is 11.4 Å². The highest BCUT2D eigenvalue weighted by Gasteiger charge is 2.17. The minimum absolute atomic E-state index is 0.0409. The smallest absolute Gasteiger partial charge is 0.333 e. The molecule has 13 heavy (non-hydrogen) atoms. The molecule has 7 heteroatoms. The van der Waals surface area contributed by atoms with Crippen molar-refractivity contribution in [2.45, 2.75) is 25.3 Å². The Hall–Kier alpha value is -0.820.